The fourth-order valence-corrected chi connectivity index (χ4v) is 3.60. The van der Waals surface area contributed by atoms with Gasteiger partial charge in [0.1, 0.15) is 17.7 Å². The molecule has 2 N–H and O–H groups in total. The highest BCUT2D eigenvalue weighted by Gasteiger charge is 2.12. The minimum atomic E-state index is -0.509. The number of rotatable bonds is 5. The molecule has 0 aliphatic rings. The van der Waals surface area contributed by atoms with Crippen LogP contribution in [-0.2, 0) is 6.54 Å². The topological polar surface area (TPSA) is 73.6 Å². The van der Waals surface area contributed by atoms with Gasteiger partial charge in [-0.25, -0.2) is 9.37 Å². The summed E-state index contributed by atoms with van der Waals surface area (Å²) < 4.78 is 14.5. The third kappa shape index (κ3) is 4.35. The van der Waals surface area contributed by atoms with E-state index in [1.54, 1.807) is 12.3 Å². The van der Waals surface area contributed by atoms with Crippen molar-refractivity contribution in [3.05, 3.63) is 87.4 Å². The van der Waals surface area contributed by atoms with Gasteiger partial charge >= 0.3 is 0 Å². The summed E-state index contributed by atoms with van der Waals surface area (Å²) in [6.07, 6.45) is 3.12. The number of nitriles is 1. The molecule has 2 aromatic carbocycles. The summed E-state index contributed by atoms with van der Waals surface area (Å²) in [5.41, 5.74) is 3.18. The number of nitrogens with zero attached hydrogens (tertiary/aromatic N) is 3. The molecular formula is C22H14BrClFN5. The van der Waals surface area contributed by atoms with Crippen molar-refractivity contribution < 1.29 is 4.39 Å². The molecule has 0 aliphatic carbocycles. The van der Waals surface area contributed by atoms with Crippen LogP contribution in [0.4, 0.5) is 21.6 Å². The first kappa shape index (κ1) is 20.1. The molecule has 0 saturated carbocycles. The number of pyridine rings is 2. The van der Waals surface area contributed by atoms with Crippen molar-refractivity contribution in [2.24, 2.45) is 0 Å². The molecule has 0 saturated heterocycles. The summed E-state index contributed by atoms with van der Waals surface area (Å²) in [6, 6.07) is 16.2. The smallest absolute Gasteiger partial charge is 0.141 e. The number of nitrogens with one attached hydrogen (secondary N) is 2. The molecule has 2 heterocycles. The lowest BCUT2D eigenvalue weighted by atomic mass is 10.1. The van der Waals surface area contributed by atoms with E-state index in [2.05, 4.69) is 42.6 Å². The predicted molar refractivity (Wildman–Crippen MR) is 120 cm³/mol. The lowest BCUT2D eigenvalue weighted by Crippen LogP contribution is -2.03. The third-order valence-corrected chi connectivity index (χ3v) is 5.21. The van der Waals surface area contributed by atoms with Crippen LogP contribution >= 0.6 is 27.5 Å². The van der Waals surface area contributed by atoms with E-state index in [0.29, 0.717) is 40.2 Å². The van der Waals surface area contributed by atoms with Crippen LogP contribution in [0.25, 0.3) is 10.9 Å². The minimum Gasteiger partial charge on any atom is -0.366 e. The molecule has 0 unspecified atom stereocenters. The second-order valence-electron chi connectivity index (χ2n) is 6.48. The Bertz CT molecular complexity index is 1290. The summed E-state index contributed by atoms with van der Waals surface area (Å²) in [5.74, 6) is 0.130. The van der Waals surface area contributed by atoms with E-state index in [4.69, 9.17) is 11.6 Å². The van der Waals surface area contributed by atoms with Crippen LogP contribution in [0.15, 0.2) is 65.4 Å². The van der Waals surface area contributed by atoms with Gasteiger partial charge in [0.05, 0.1) is 28.0 Å². The molecule has 0 bridgehead atoms. The van der Waals surface area contributed by atoms with Gasteiger partial charge in [0, 0.05) is 28.3 Å². The Morgan fingerprint density at radius 2 is 1.97 bits per heavy atom. The van der Waals surface area contributed by atoms with Gasteiger partial charge in [-0.15, -0.1) is 0 Å². The van der Waals surface area contributed by atoms with E-state index in [1.165, 1.54) is 18.3 Å². The van der Waals surface area contributed by atoms with Crippen molar-refractivity contribution in [1.29, 1.82) is 5.26 Å². The van der Waals surface area contributed by atoms with Crippen LogP contribution in [0.1, 0.15) is 11.1 Å². The molecule has 5 nitrogen and oxygen atoms in total. The van der Waals surface area contributed by atoms with Crippen LogP contribution in [0.3, 0.4) is 0 Å². The standard InChI is InChI=1S/C22H14BrClFN5/c23-15-3-1-2-13(6-15)10-28-21-8-17-20(12-29-21)27-11-14(9-26)22(17)30-16-4-5-19(25)18(24)7-16/h1-8,11-12H,10H2,(H,27,30)(H,28,29). The Hall–Kier alpha value is -3.21. The van der Waals surface area contributed by atoms with Gasteiger partial charge in [-0.3, -0.25) is 4.98 Å². The average molecular weight is 483 g/mol. The van der Waals surface area contributed by atoms with E-state index in [-0.39, 0.29) is 5.02 Å². The maximum absolute atomic E-state index is 13.5. The second-order valence-corrected chi connectivity index (χ2v) is 7.81. The number of benzene rings is 2. The molecule has 0 radical (unpaired) electrons. The fourth-order valence-electron chi connectivity index (χ4n) is 2.97. The lowest BCUT2D eigenvalue weighted by molar-refractivity contribution is 0.628. The molecule has 0 amide bonds. The summed E-state index contributed by atoms with van der Waals surface area (Å²) in [4.78, 5) is 8.72. The Morgan fingerprint density at radius 1 is 1.10 bits per heavy atom. The monoisotopic (exact) mass is 481 g/mol. The van der Waals surface area contributed by atoms with E-state index in [0.717, 1.165) is 10.0 Å². The average Bonchev–Trinajstić information content (AvgIpc) is 2.75. The van der Waals surface area contributed by atoms with Gasteiger partial charge in [0.25, 0.3) is 0 Å². The molecule has 0 spiro atoms. The quantitative estimate of drug-likeness (QED) is 0.344. The van der Waals surface area contributed by atoms with Crippen LogP contribution in [0.2, 0.25) is 5.02 Å². The van der Waals surface area contributed by atoms with E-state index < -0.39 is 5.82 Å². The van der Waals surface area contributed by atoms with E-state index in [9.17, 15) is 9.65 Å². The molecular weight excluding hydrogens is 469 g/mol. The highest BCUT2D eigenvalue weighted by atomic mass is 79.9. The van der Waals surface area contributed by atoms with Crippen molar-refractivity contribution >= 4 is 55.6 Å². The van der Waals surface area contributed by atoms with E-state index in [1.807, 2.05) is 30.3 Å². The van der Waals surface area contributed by atoms with Gasteiger partial charge in [-0.05, 0) is 42.0 Å². The fraction of sp³-hybridized carbons (Fsp3) is 0.0455. The first-order chi connectivity index (χ1) is 14.5. The van der Waals surface area contributed by atoms with Crippen molar-refractivity contribution in [3.63, 3.8) is 0 Å². The first-order valence-corrected chi connectivity index (χ1v) is 10.1. The largest absolute Gasteiger partial charge is 0.366 e. The van der Waals surface area contributed by atoms with Crippen molar-refractivity contribution in [3.8, 4) is 6.07 Å². The Labute approximate surface area is 185 Å². The summed E-state index contributed by atoms with van der Waals surface area (Å²) in [7, 11) is 0. The molecule has 30 heavy (non-hydrogen) atoms. The number of hydrogen-bond acceptors (Lipinski definition) is 5. The van der Waals surface area contributed by atoms with Crippen molar-refractivity contribution in [2.75, 3.05) is 10.6 Å². The van der Waals surface area contributed by atoms with E-state index >= 15 is 0 Å². The number of anilines is 3. The molecule has 4 aromatic rings. The zero-order valence-electron chi connectivity index (χ0n) is 15.5. The zero-order chi connectivity index (χ0) is 21.1. The Morgan fingerprint density at radius 3 is 2.73 bits per heavy atom. The van der Waals surface area contributed by atoms with Crippen molar-refractivity contribution in [1.82, 2.24) is 9.97 Å². The number of hydrogen-bond donors (Lipinski definition) is 2. The van der Waals surface area contributed by atoms with Crippen LogP contribution in [0, 0.1) is 17.1 Å². The van der Waals surface area contributed by atoms with Gasteiger partial charge in [0.15, 0.2) is 0 Å². The van der Waals surface area contributed by atoms with Gasteiger partial charge in [-0.2, -0.15) is 5.26 Å². The maximum atomic E-state index is 13.5. The number of fused-ring (bicyclic) bond motifs is 1. The highest BCUT2D eigenvalue weighted by molar-refractivity contribution is 9.10. The summed E-state index contributed by atoms with van der Waals surface area (Å²) >= 11 is 9.36. The SMILES string of the molecule is N#Cc1cnc2cnc(NCc3cccc(Br)c3)cc2c1Nc1ccc(F)c(Cl)c1. The van der Waals surface area contributed by atoms with Crippen molar-refractivity contribution in [2.45, 2.75) is 6.54 Å². The summed E-state index contributed by atoms with van der Waals surface area (Å²) in [6.45, 7) is 0.583. The predicted octanol–water partition coefficient (Wildman–Crippen LogP) is 6.41. The molecule has 8 heteroatoms. The number of halogens is 3. The molecule has 4 rings (SSSR count). The molecule has 2 aromatic heterocycles. The minimum absolute atomic E-state index is 0.00471. The maximum Gasteiger partial charge on any atom is 0.141 e. The first-order valence-electron chi connectivity index (χ1n) is 8.93. The van der Waals surface area contributed by atoms with Crippen LogP contribution < -0.4 is 10.6 Å². The molecule has 0 aliphatic heterocycles. The molecule has 0 atom stereocenters. The summed E-state index contributed by atoms with van der Waals surface area (Å²) in [5, 5.41) is 16.7. The third-order valence-electron chi connectivity index (χ3n) is 4.43. The highest BCUT2D eigenvalue weighted by Crippen LogP contribution is 2.31. The normalized spacial score (nSPS) is 10.6. The van der Waals surface area contributed by atoms with Gasteiger partial charge < -0.3 is 10.6 Å². The zero-order valence-corrected chi connectivity index (χ0v) is 17.8. The number of aromatic nitrogens is 2. The second kappa shape index (κ2) is 8.66. The van der Waals surface area contributed by atoms with Crippen LogP contribution in [-0.4, -0.2) is 9.97 Å². The molecule has 0 fully saturated rings. The van der Waals surface area contributed by atoms with Gasteiger partial charge in [-0.1, -0.05) is 39.7 Å². The lowest BCUT2D eigenvalue weighted by Gasteiger charge is -2.13. The Balaban J connectivity index is 1.69. The Kier molecular flexibility index (Phi) is 5.79. The molecule has 148 valence electrons. The van der Waals surface area contributed by atoms with Crippen LogP contribution in [0.5, 0.6) is 0 Å². The van der Waals surface area contributed by atoms with Gasteiger partial charge in [0.2, 0.25) is 0 Å².